The molecule has 0 bridgehead atoms. The average Bonchev–Trinajstić information content (AvgIpc) is 1.91. The highest BCUT2D eigenvalue weighted by molar-refractivity contribution is 6.70. The van der Waals surface area contributed by atoms with Gasteiger partial charge < -0.3 is 0 Å². The first-order valence-electron chi connectivity index (χ1n) is 1.76. The highest BCUT2D eigenvalue weighted by atomic mass is 35.5. The molecule has 36 valence electrons. The normalized spacial score (nSPS) is 17.9. The topological polar surface area (TPSA) is 24.7 Å². The smallest absolute Gasteiger partial charge is 0.155 e. The molecule has 7 heavy (non-hydrogen) atoms. The molecule has 0 aliphatic carbocycles. The van der Waals surface area contributed by atoms with E-state index in [0.717, 1.165) is 0 Å². The van der Waals surface area contributed by atoms with Crippen molar-refractivity contribution >= 4 is 23.1 Å². The third kappa shape index (κ3) is 0.695. The van der Waals surface area contributed by atoms with E-state index in [2.05, 4.69) is 16.6 Å². The molecule has 1 aliphatic heterocycles. The lowest BCUT2D eigenvalue weighted by Gasteiger charge is -1.79. The van der Waals surface area contributed by atoms with E-state index in [1.165, 1.54) is 6.34 Å². The Morgan fingerprint density at radius 1 is 1.71 bits per heavy atom. The van der Waals surface area contributed by atoms with Crippen molar-refractivity contribution in [2.24, 2.45) is 9.98 Å². The molecule has 0 N–H and O–H groups in total. The van der Waals surface area contributed by atoms with Gasteiger partial charge in [0.25, 0.3) is 0 Å². The molecule has 1 heterocycles. The first-order valence-corrected chi connectivity index (χ1v) is 2.13. The van der Waals surface area contributed by atoms with Crippen molar-refractivity contribution in [3.05, 3.63) is 12.3 Å². The molecule has 1 rings (SSSR count). The Morgan fingerprint density at radius 2 is 2.43 bits per heavy atom. The van der Waals surface area contributed by atoms with Crippen LogP contribution in [0.3, 0.4) is 0 Å². The van der Waals surface area contributed by atoms with Crippen molar-refractivity contribution in [1.29, 1.82) is 0 Å². The van der Waals surface area contributed by atoms with Crippen LogP contribution in [0.15, 0.2) is 22.3 Å². The number of nitrogens with zero attached hydrogens (tertiary/aromatic N) is 2. The quantitative estimate of drug-likeness (QED) is 0.452. The molecule has 0 radical (unpaired) electrons. The SMILES string of the molecule is C=C1N=CN=C1Cl. The van der Waals surface area contributed by atoms with Crippen LogP contribution in [-0.2, 0) is 0 Å². The van der Waals surface area contributed by atoms with Crippen LogP contribution in [0, 0.1) is 0 Å². The van der Waals surface area contributed by atoms with Crippen molar-refractivity contribution in [2.45, 2.75) is 0 Å². The van der Waals surface area contributed by atoms with Gasteiger partial charge in [0.1, 0.15) is 6.34 Å². The molecular weight excluding hydrogens is 112 g/mol. The van der Waals surface area contributed by atoms with Gasteiger partial charge in [-0.25, -0.2) is 9.98 Å². The maximum atomic E-state index is 5.39. The summed E-state index contributed by atoms with van der Waals surface area (Å²) in [5.41, 5.74) is 0.543. The summed E-state index contributed by atoms with van der Waals surface area (Å²) >= 11 is 5.39. The second kappa shape index (κ2) is 1.46. The first-order chi connectivity index (χ1) is 3.30. The fourth-order valence-corrected chi connectivity index (χ4v) is 0.369. The number of allylic oxidation sites excluding steroid dienone is 1. The molecule has 0 aromatic rings. The van der Waals surface area contributed by atoms with Crippen LogP contribution in [0.2, 0.25) is 0 Å². The third-order valence-corrected chi connectivity index (χ3v) is 0.939. The number of rotatable bonds is 0. The van der Waals surface area contributed by atoms with Gasteiger partial charge in [-0.1, -0.05) is 18.2 Å². The largest absolute Gasteiger partial charge is 0.234 e. The predicted molar refractivity (Wildman–Crippen MR) is 30.9 cm³/mol. The Hall–Kier alpha value is -0.630. The van der Waals surface area contributed by atoms with Crippen LogP contribution in [-0.4, -0.2) is 11.5 Å². The van der Waals surface area contributed by atoms with Crippen molar-refractivity contribution < 1.29 is 0 Å². The Labute approximate surface area is 46.2 Å². The molecule has 0 amide bonds. The molecule has 0 saturated heterocycles. The molecule has 0 unspecified atom stereocenters. The highest BCUT2D eigenvalue weighted by Crippen LogP contribution is 2.04. The van der Waals surface area contributed by atoms with Crippen molar-refractivity contribution in [2.75, 3.05) is 0 Å². The summed E-state index contributed by atoms with van der Waals surface area (Å²) in [6, 6.07) is 0. The van der Waals surface area contributed by atoms with E-state index in [-0.39, 0.29) is 0 Å². The summed E-state index contributed by atoms with van der Waals surface area (Å²) < 4.78 is 0. The summed E-state index contributed by atoms with van der Waals surface area (Å²) in [5, 5.41) is 0.389. The van der Waals surface area contributed by atoms with Crippen LogP contribution in [0.5, 0.6) is 0 Å². The molecule has 0 atom stereocenters. The van der Waals surface area contributed by atoms with E-state index in [1.807, 2.05) is 0 Å². The van der Waals surface area contributed by atoms with Gasteiger partial charge in [0.05, 0.1) is 5.70 Å². The molecule has 0 fully saturated rings. The zero-order valence-electron chi connectivity index (χ0n) is 3.56. The van der Waals surface area contributed by atoms with Gasteiger partial charge in [0.2, 0.25) is 0 Å². The summed E-state index contributed by atoms with van der Waals surface area (Å²) in [4.78, 5) is 7.27. The number of hydrogen-bond acceptors (Lipinski definition) is 2. The van der Waals surface area contributed by atoms with Crippen molar-refractivity contribution in [3.63, 3.8) is 0 Å². The van der Waals surface area contributed by atoms with Crippen LogP contribution in [0.1, 0.15) is 0 Å². The highest BCUT2D eigenvalue weighted by Gasteiger charge is 2.00. The van der Waals surface area contributed by atoms with E-state index in [1.54, 1.807) is 0 Å². The predicted octanol–water partition coefficient (Wildman–Crippen LogP) is 1.18. The van der Waals surface area contributed by atoms with Crippen molar-refractivity contribution in [1.82, 2.24) is 0 Å². The minimum atomic E-state index is 0.389. The maximum Gasteiger partial charge on any atom is 0.155 e. The summed E-state index contributed by atoms with van der Waals surface area (Å²) in [6.45, 7) is 3.47. The Morgan fingerprint density at radius 3 is 2.57 bits per heavy atom. The van der Waals surface area contributed by atoms with Crippen LogP contribution in [0.25, 0.3) is 0 Å². The Balaban J connectivity index is 2.89. The zero-order valence-corrected chi connectivity index (χ0v) is 4.31. The Bertz CT molecular complexity index is 157. The van der Waals surface area contributed by atoms with Gasteiger partial charge in [-0.15, -0.1) is 0 Å². The number of hydrogen-bond donors (Lipinski definition) is 0. The molecule has 2 nitrogen and oxygen atoms in total. The lowest BCUT2D eigenvalue weighted by Crippen LogP contribution is -1.79. The van der Waals surface area contributed by atoms with Gasteiger partial charge in [-0.3, -0.25) is 0 Å². The lowest BCUT2D eigenvalue weighted by atomic mass is 10.6. The molecule has 3 heteroatoms. The van der Waals surface area contributed by atoms with Crippen LogP contribution in [0.4, 0.5) is 0 Å². The summed E-state index contributed by atoms with van der Waals surface area (Å²) in [5.74, 6) is 0. The van der Waals surface area contributed by atoms with Gasteiger partial charge in [0.15, 0.2) is 5.17 Å². The zero-order chi connectivity index (χ0) is 5.28. The van der Waals surface area contributed by atoms with E-state index >= 15 is 0 Å². The summed E-state index contributed by atoms with van der Waals surface area (Å²) in [6.07, 6.45) is 1.38. The van der Waals surface area contributed by atoms with E-state index < -0.39 is 0 Å². The Kier molecular flexibility index (Phi) is 0.947. The monoisotopic (exact) mass is 114 g/mol. The molecule has 0 aromatic heterocycles. The van der Waals surface area contributed by atoms with E-state index in [9.17, 15) is 0 Å². The van der Waals surface area contributed by atoms with Crippen LogP contribution < -0.4 is 0 Å². The van der Waals surface area contributed by atoms with Gasteiger partial charge in [-0.2, -0.15) is 0 Å². The molecular formula is C4H3ClN2. The maximum absolute atomic E-state index is 5.39. The fraction of sp³-hybridized carbons (Fsp3) is 0. The van der Waals surface area contributed by atoms with Crippen LogP contribution >= 0.6 is 11.6 Å². The second-order valence-corrected chi connectivity index (χ2v) is 1.47. The molecule has 0 saturated carbocycles. The van der Waals surface area contributed by atoms with Gasteiger partial charge in [0, 0.05) is 0 Å². The van der Waals surface area contributed by atoms with E-state index in [4.69, 9.17) is 11.6 Å². The average molecular weight is 115 g/mol. The number of halogens is 1. The minimum absolute atomic E-state index is 0.389. The first kappa shape index (κ1) is 4.53. The fourth-order valence-electron chi connectivity index (χ4n) is 0.277. The number of aliphatic imine (C=N–C) groups is 2. The van der Waals surface area contributed by atoms with E-state index in [0.29, 0.717) is 10.9 Å². The van der Waals surface area contributed by atoms with Gasteiger partial charge in [-0.05, 0) is 0 Å². The molecule has 0 aromatic carbocycles. The minimum Gasteiger partial charge on any atom is -0.234 e. The molecule has 1 aliphatic rings. The van der Waals surface area contributed by atoms with Crippen molar-refractivity contribution in [3.8, 4) is 0 Å². The standard InChI is InChI=1S/C4H3ClN2/c1-3-4(5)7-2-6-3/h2H,1H2. The lowest BCUT2D eigenvalue weighted by molar-refractivity contribution is 1.56. The third-order valence-electron chi connectivity index (χ3n) is 0.623. The second-order valence-electron chi connectivity index (χ2n) is 1.11. The molecule has 0 spiro atoms. The summed E-state index contributed by atoms with van der Waals surface area (Å²) in [7, 11) is 0. The van der Waals surface area contributed by atoms with Gasteiger partial charge >= 0.3 is 0 Å².